The first-order chi connectivity index (χ1) is 13.6. The molecule has 1 aromatic carbocycles. The Balaban J connectivity index is 1.30. The van der Waals surface area contributed by atoms with E-state index in [-0.39, 0.29) is 30.4 Å². The molecular formula is C20H20N4O3S. The van der Waals surface area contributed by atoms with Crippen molar-refractivity contribution >= 4 is 39.8 Å². The highest BCUT2D eigenvalue weighted by molar-refractivity contribution is 7.17. The molecular weight excluding hydrogens is 376 g/mol. The van der Waals surface area contributed by atoms with Gasteiger partial charge in [-0.3, -0.25) is 14.4 Å². The number of fused-ring (bicyclic) bond motifs is 1. The fraction of sp³-hybridized carbons (Fsp3) is 0.350. The highest BCUT2D eigenvalue weighted by Gasteiger charge is 2.24. The number of hydrogen-bond acceptors (Lipinski definition) is 6. The van der Waals surface area contributed by atoms with Crippen molar-refractivity contribution < 1.29 is 14.4 Å². The first-order valence-corrected chi connectivity index (χ1v) is 10.2. The van der Waals surface area contributed by atoms with Crippen LogP contribution in [-0.4, -0.2) is 39.8 Å². The molecule has 0 atom stereocenters. The van der Waals surface area contributed by atoms with Gasteiger partial charge < -0.3 is 5.32 Å². The first-order valence-electron chi connectivity index (χ1n) is 9.36. The van der Waals surface area contributed by atoms with E-state index in [4.69, 9.17) is 0 Å². The van der Waals surface area contributed by atoms with Crippen molar-refractivity contribution in [2.75, 3.05) is 11.9 Å². The number of benzene rings is 1. The van der Waals surface area contributed by atoms with Gasteiger partial charge in [0.1, 0.15) is 0 Å². The van der Waals surface area contributed by atoms with Crippen molar-refractivity contribution in [1.29, 1.82) is 0 Å². The number of carbonyl (C=O) groups excluding carboxylic acids is 3. The maximum absolute atomic E-state index is 12.4. The molecule has 1 aromatic heterocycles. The molecule has 0 spiro atoms. The monoisotopic (exact) mass is 396 g/mol. The molecule has 2 aromatic rings. The fourth-order valence-electron chi connectivity index (χ4n) is 3.32. The number of anilines is 1. The van der Waals surface area contributed by atoms with Crippen LogP contribution in [0.3, 0.4) is 0 Å². The predicted octanol–water partition coefficient (Wildman–Crippen LogP) is 3.02. The Morgan fingerprint density at radius 1 is 1.11 bits per heavy atom. The standard InChI is InChI=1S/C20H20N4O3S/c25-16-8-4-7-15-19(16)28-20(21-15)22-17(26)9-10-18(27)24-12-11-14(23-24)13-5-2-1-3-6-13/h1-3,5-6H,4,7-12H2,(H,21,22,26). The number of hydrogen-bond donors (Lipinski definition) is 1. The minimum absolute atomic E-state index is 0.0592. The van der Waals surface area contributed by atoms with E-state index in [0.717, 1.165) is 29.8 Å². The van der Waals surface area contributed by atoms with E-state index in [1.54, 1.807) is 0 Å². The maximum atomic E-state index is 12.4. The first kappa shape index (κ1) is 18.5. The molecule has 2 amide bonds. The SMILES string of the molecule is O=C(CCC(=O)N1CCC(c2ccccc2)=N1)Nc1nc2c(s1)C(=O)CCC2. The number of carbonyl (C=O) groups is 3. The minimum atomic E-state index is -0.279. The molecule has 144 valence electrons. The van der Waals surface area contributed by atoms with E-state index in [1.165, 1.54) is 16.3 Å². The Hall–Kier alpha value is -2.87. The molecule has 2 aliphatic rings. The van der Waals surface area contributed by atoms with Gasteiger partial charge in [0.05, 0.1) is 22.8 Å². The third-order valence-corrected chi connectivity index (χ3v) is 5.83. The van der Waals surface area contributed by atoms with Crippen LogP contribution in [0.2, 0.25) is 0 Å². The Labute approximate surface area is 166 Å². The third-order valence-electron chi connectivity index (χ3n) is 4.78. The average Bonchev–Trinajstić information content (AvgIpc) is 3.35. The smallest absolute Gasteiger partial charge is 0.243 e. The van der Waals surface area contributed by atoms with Crippen LogP contribution in [0.1, 0.15) is 53.0 Å². The van der Waals surface area contributed by atoms with E-state index in [9.17, 15) is 14.4 Å². The molecule has 1 N–H and O–H groups in total. The van der Waals surface area contributed by atoms with Crippen molar-refractivity contribution in [3.63, 3.8) is 0 Å². The van der Waals surface area contributed by atoms with Gasteiger partial charge in [-0.15, -0.1) is 0 Å². The lowest BCUT2D eigenvalue weighted by molar-refractivity contribution is -0.132. The second-order valence-corrected chi connectivity index (χ2v) is 7.80. The zero-order valence-electron chi connectivity index (χ0n) is 15.3. The number of thiazole rings is 1. The molecule has 0 unspecified atom stereocenters. The molecule has 0 fully saturated rings. The third kappa shape index (κ3) is 4.01. The number of aryl methyl sites for hydroxylation is 1. The molecule has 1 aliphatic heterocycles. The summed E-state index contributed by atoms with van der Waals surface area (Å²) in [5.74, 6) is -0.358. The van der Waals surface area contributed by atoms with Gasteiger partial charge in [-0.2, -0.15) is 5.10 Å². The maximum Gasteiger partial charge on any atom is 0.243 e. The molecule has 1 aliphatic carbocycles. The van der Waals surface area contributed by atoms with Gasteiger partial charge in [-0.05, 0) is 18.4 Å². The van der Waals surface area contributed by atoms with Gasteiger partial charge in [0, 0.05) is 25.7 Å². The Kier molecular flexibility index (Phi) is 5.29. The van der Waals surface area contributed by atoms with Crippen LogP contribution in [-0.2, 0) is 16.0 Å². The van der Waals surface area contributed by atoms with Crippen LogP contribution < -0.4 is 5.32 Å². The normalized spacial score (nSPS) is 15.9. The van der Waals surface area contributed by atoms with Gasteiger partial charge >= 0.3 is 0 Å². The Morgan fingerprint density at radius 3 is 2.71 bits per heavy atom. The fourth-order valence-corrected chi connectivity index (χ4v) is 4.32. The number of nitrogens with zero attached hydrogens (tertiary/aromatic N) is 3. The number of rotatable bonds is 5. The lowest BCUT2D eigenvalue weighted by Gasteiger charge is -2.10. The van der Waals surface area contributed by atoms with E-state index in [0.29, 0.717) is 29.4 Å². The Bertz CT molecular complexity index is 952. The van der Waals surface area contributed by atoms with Crippen molar-refractivity contribution in [3.05, 3.63) is 46.5 Å². The average molecular weight is 396 g/mol. The van der Waals surface area contributed by atoms with Gasteiger partial charge in [-0.25, -0.2) is 9.99 Å². The molecule has 0 bridgehead atoms. The number of ketones is 1. The van der Waals surface area contributed by atoms with Gasteiger partial charge in [0.2, 0.25) is 11.8 Å². The molecule has 8 heteroatoms. The molecule has 4 rings (SSSR count). The lowest BCUT2D eigenvalue weighted by Crippen LogP contribution is -2.24. The van der Waals surface area contributed by atoms with Crippen LogP contribution in [0.15, 0.2) is 35.4 Å². The van der Waals surface area contributed by atoms with Crippen LogP contribution in [0.4, 0.5) is 5.13 Å². The summed E-state index contributed by atoms with van der Waals surface area (Å²) < 4.78 is 0. The number of Topliss-reactive ketones (excluding diaryl/α,β-unsaturated/α-hetero) is 1. The van der Waals surface area contributed by atoms with E-state index in [2.05, 4.69) is 15.4 Å². The van der Waals surface area contributed by atoms with Gasteiger partial charge in [-0.1, -0.05) is 41.7 Å². The molecule has 7 nitrogen and oxygen atoms in total. The van der Waals surface area contributed by atoms with E-state index >= 15 is 0 Å². The molecule has 28 heavy (non-hydrogen) atoms. The van der Waals surface area contributed by atoms with Crippen LogP contribution in [0.5, 0.6) is 0 Å². The largest absolute Gasteiger partial charge is 0.302 e. The summed E-state index contributed by atoms with van der Waals surface area (Å²) in [6, 6.07) is 9.76. The van der Waals surface area contributed by atoms with E-state index in [1.807, 2.05) is 30.3 Å². The summed E-state index contributed by atoms with van der Waals surface area (Å²) in [4.78, 5) is 41.4. The Morgan fingerprint density at radius 2 is 1.93 bits per heavy atom. The van der Waals surface area contributed by atoms with Gasteiger partial charge in [0.25, 0.3) is 0 Å². The van der Waals surface area contributed by atoms with Crippen molar-refractivity contribution in [2.45, 2.75) is 38.5 Å². The lowest BCUT2D eigenvalue weighted by atomic mass is 10.0. The molecule has 0 saturated heterocycles. The summed E-state index contributed by atoms with van der Waals surface area (Å²) in [5, 5.41) is 8.98. The number of amides is 2. The van der Waals surface area contributed by atoms with Gasteiger partial charge in [0.15, 0.2) is 10.9 Å². The van der Waals surface area contributed by atoms with Crippen LogP contribution in [0.25, 0.3) is 0 Å². The number of hydrazone groups is 1. The second kappa shape index (κ2) is 8.02. The zero-order valence-corrected chi connectivity index (χ0v) is 16.1. The summed E-state index contributed by atoms with van der Waals surface area (Å²) in [6.45, 7) is 0.534. The van der Waals surface area contributed by atoms with E-state index < -0.39 is 0 Å². The van der Waals surface area contributed by atoms with Crippen LogP contribution >= 0.6 is 11.3 Å². The summed E-state index contributed by atoms with van der Waals surface area (Å²) in [6.07, 6.45) is 2.96. The summed E-state index contributed by atoms with van der Waals surface area (Å²) in [7, 11) is 0. The van der Waals surface area contributed by atoms with Crippen molar-refractivity contribution in [2.24, 2.45) is 5.10 Å². The minimum Gasteiger partial charge on any atom is -0.302 e. The molecule has 2 heterocycles. The highest BCUT2D eigenvalue weighted by atomic mass is 32.1. The number of aromatic nitrogens is 1. The summed E-state index contributed by atoms with van der Waals surface area (Å²) >= 11 is 1.22. The van der Waals surface area contributed by atoms with Crippen LogP contribution in [0, 0.1) is 0 Å². The highest BCUT2D eigenvalue weighted by Crippen LogP contribution is 2.29. The number of nitrogens with one attached hydrogen (secondary N) is 1. The predicted molar refractivity (Wildman–Crippen MR) is 107 cm³/mol. The second-order valence-electron chi connectivity index (χ2n) is 6.80. The van der Waals surface area contributed by atoms with Crippen molar-refractivity contribution in [1.82, 2.24) is 9.99 Å². The molecule has 0 saturated carbocycles. The van der Waals surface area contributed by atoms with Crippen molar-refractivity contribution in [3.8, 4) is 0 Å². The summed E-state index contributed by atoms with van der Waals surface area (Å²) in [5.41, 5.74) is 2.67. The topological polar surface area (TPSA) is 91.7 Å². The molecule has 0 radical (unpaired) electrons. The quantitative estimate of drug-likeness (QED) is 0.841. The zero-order chi connectivity index (χ0) is 19.5.